The van der Waals surface area contributed by atoms with Gasteiger partial charge in [0.1, 0.15) is 0 Å². The van der Waals surface area contributed by atoms with Crippen molar-refractivity contribution in [3.63, 3.8) is 0 Å². The maximum absolute atomic E-state index is 11.7. The van der Waals surface area contributed by atoms with Crippen molar-refractivity contribution in [2.75, 3.05) is 19.6 Å². The number of rotatable bonds is 7. The Kier molecular flexibility index (Phi) is 8.75. The molecule has 0 aromatic heterocycles. The summed E-state index contributed by atoms with van der Waals surface area (Å²) in [7, 11) is 0. The van der Waals surface area contributed by atoms with E-state index < -0.39 is 0 Å². The molecule has 0 saturated carbocycles. The molecule has 0 radical (unpaired) electrons. The Morgan fingerprint density at radius 1 is 1.09 bits per heavy atom. The Hall–Kier alpha value is -1.59. The number of carbonyl (C=O) groups is 2. The molecule has 0 saturated heterocycles. The Morgan fingerprint density at radius 2 is 1.68 bits per heavy atom. The van der Waals surface area contributed by atoms with Crippen LogP contribution in [0.2, 0.25) is 0 Å². The van der Waals surface area contributed by atoms with Crippen LogP contribution < -0.4 is 16.4 Å². The molecule has 1 aromatic rings. The quantitative estimate of drug-likeness (QED) is 0.702. The lowest BCUT2D eigenvalue weighted by Crippen LogP contribution is -2.43. The van der Waals surface area contributed by atoms with E-state index in [1.165, 1.54) is 11.1 Å². The van der Waals surface area contributed by atoms with Crippen LogP contribution in [0.15, 0.2) is 24.3 Å². The highest BCUT2D eigenvalue weighted by Gasteiger charge is 2.21. The minimum absolute atomic E-state index is 0. The number of benzene rings is 1. The zero-order valence-corrected chi connectivity index (χ0v) is 14.3. The van der Waals surface area contributed by atoms with Gasteiger partial charge in [0.05, 0.1) is 13.1 Å². The Bertz CT molecular complexity index is 487. The summed E-state index contributed by atoms with van der Waals surface area (Å²) in [6, 6.07) is 8.42. The first kappa shape index (κ1) is 20.4. The summed E-state index contributed by atoms with van der Waals surface area (Å²) in [5, 5.41) is 5.28. The molecular weight excluding hydrogens is 302 g/mol. The van der Waals surface area contributed by atoms with Gasteiger partial charge in [-0.2, -0.15) is 0 Å². The zero-order chi connectivity index (χ0) is 15.9. The predicted octanol–water partition coefficient (Wildman–Crippen LogP) is 1.14. The largest absolute Gasteiger partial charge is 0.354 e. The second kappa shape index (κ2) is 9.43. The van der Waals surface area contributed by atoms with Gasteiger partial charge in [-0.25, -0.2) is 0 Å². The molecule has 0 bridgehead atoms. The molecule has 0 unspecified atom stereocenters. The van der Waals surface area contributed by atoms with Crippen LogP contribution in [-0.2, 0) is 21.4 Å². The molecule has 4 N–H and O–H groups in total. The van der Waals surface area contributed by atoms with Gasteiger partial charge in [0.25, 0.3) is 0 Å². The number of halogens is 1. The summed E-state index contributed by atoms with van der Waals surface area (Å²) < 4.78 is 0. The molecule has 0 heterocycles. The van der Waals surface area contributed by atoms with E-state index in [2.05, 4.69) is 55.7 Å². The van der Waals surface area contributed by atoms with Gasteiger partial charge in [-0.05, 0) is 17.5 Å². The average Bonchev–Trinajstić information content (AvgIpc) is 2.50. The number of amides is 2. The highest BCUT2D eigenvalue weighted by Crippen LogP contribution is 2.22. The molecule has 1 aromatic carbocycles. The third-order valence-electron chi connectivity index (χ3n) is 3.50. The number of nitrogens with one attached hydrogen (secondary N) is 2. The fourth-order valence-corrected chi connectivity index (χ4v) is 1.93. The normalized spacial score (nSPS) is 10.5. The van der Waals surface area contributed by atoms with Crippen molar-refractivity contribution in [2.45, 2.75) is 32.6 Å². The molecular formula is C16H26ClN3O2. The maximum atomic E-state index is 11.7. The second-order valence-electron chi connectivity index (χ2n) is 5.69. The number of nitrogens with two attached hydrogens (primary N) is 1. The van der Waals surface area contributed by atoms with Crippen LogP contribution in [-0.4, -0.2) is 31.4 Å². The van der Waals surface area contributed by atoms with Gasteiger partial charge in [-0.3, -0.25) is 9.59 Å². The fourth-order valence-electron chi connectivity index (χ4n) is 1.93. The third kappa shape index (κ3) is 6.45. The van der Waals surface area contributed by atoms with E-state index in [0.29, 0.717) is 6.54 Å². The summed E-state index contributed by atoms with van der Waals surface area (Å²) >= 11 is 0. The average molecular weight is 328 g/mol. The van der Waals surface area contributed by atoms with Crippen molar-refractivity contribution in [2.24, 2.45) is 5.73 Å². The molecule has 22 heavy (non-hydrogen) atoms. The molecule has 0 atom stereocenters. The Balaban J connectivity index is 0.00000441. The molecule has 124 valence electrons. The lowest BCUT2D eigenvalue weighted by molar-refractivity contribution is -0.125. The van der Waals surface area contributed by atoms with E-state index in [4.69, 9.17) is 5.73 Å². The lowest BCUT2D eigenvalue weighted by atomic mass is 9.84. The smallest absolute Gasteiger partial charge is 0.239 e. The van der Waals surface area contributed by atoms with E-state index in [0.717, 1.165) is 6.42 Å². The molecule has 0 aliphatic rings. The first-order valence-corrected chi connectivity index (χ1v) is 7.22. The molecule has 0 fully saturated rings. The monoisotopic (exact) mass is 327 g/mol. The first-order valence-electron chi connectivity index (χ1n) is 7.22. The van der Waals surface area contributed by atoms with Crippen LogP contribution in [0.4, 0.5) is 0 Å². The molecule has 0 spiro atoms. The van der Waals surface area contributed by atoms with Crippen LogP contribution in [0.5, 0.6) is 0 Å². The summed E-state index contributed by atoms with van der Waals surface area (Å²) in [5.41, 5.74) is 7.46. The van der Waals surface area contributed by atoms with Gasteiger partial charge in [-0.15, -0.1) is 12.4 Å². The summed E-state index contributed by atoms with van der Waals surface area (Å²) in [5.74, 6) is -0.547. The number of hydrogen-bond acceptors (Lipinski definition) is 3. The Morgan fingerprint density at radius 3 is 2.18 bits per heavy atom. The minimum Gasteiger partial charge on any atom is -0.354 e. The molecule has 2 amide bonds. The molecule has 0 aliphatic carbocycles. The van der Waals surface area contributed by atoms with Crippen molar-refractivity contribution in [3.8, 4) is 0 Å². The van der Waals surface area contributed by atoms with Crippen molar-refractivity contribution in [1.29, 1.82) is 0 Å². The van der Waals surface area contributed by atoms with Gasteiger partial charge >= 0.3 is 0 Å². The minimum atomic E-state index is -0.334. The van der Waals surface area contributed by atoms with Gasteiger partial charge in [0, 0.05) is 12.0 Å². The summed E-state index contributed by atoms with van der Waals surface area (Å²) in [6.07, 6.45) is 1.01. The maximum Gasteiger partial charge on any atom is 0.239 e. The van der Waals surface area contributed by atoms with Crippen molar-refractivity contribution >= 4 is 24.2 Å². The standard InChI is InChI=1S/C16H25N3O2.ClH/c1-4-12-5-7-13(8-6-12)16(2,3)11-19-15(21)10-18-14(20)9-17;/h5-8H,4,9-11,17H2,1-3H3,(H,18,20)(H,19,21);1H. The first-order chi connectivity index (χ1) is 9.89. The summed E-state index contributed by atoms with van der Waals surface area (Å²) in [6.45, 7) is 6.63. The van der Waals surface area contributed by atoms with E-state index in [1.54, 1.807) is 0 Å². The zero-order valence-electron chi connectivity index (χ0n) is 13.4. The number of aryl methyl sites for hydroxylation is 1. The predicted molar refractivity (Wildman–Crippen MR) is 91.2 cm³/mol. The third-order valence-corrected chi connectivity index (χ3v) is 3.50. The lowest BCUT2D eigenvalue weighted by Gasteiger charge is -2.26. The SMILES string of the molecule is CCc1ccc(C(C)(C)CNC(=O)CNC(=O)CN)cc1.Cl. The van der Waals surface area contributed by atoms with E-state index >= 15 is 0 Å². The van der Waals surface area contributed by atoms with Crippen LogP contribution in [0.25, 0.3) is 0 Å². The van der Waals surface area contributed by atoms with Crippen LogP contribution in [0.3, 0.4) is 0 Å². The van der Waals surface area contributed by atoms with Crippen LogP contribution >= 0.6 is 12.4 Å². The van der Waals surface area contributed by atoms with Gasteiger partial charge in [0.2, 0.25) is 11.8 Å². The van der Waals surface area contributed by atoms with E-state index in [1.807, 2.05) is 0 Å². The second-order valence-corrected chi connectivity index (χ2v) is 5.69. The topological polar surface area (TPSA) is 84.2 Å². The molecule has 0 aliphatic heterocycles. The fraction of sp³-hybridized carbons (Fsp3) is 0.500. The number of carbonyl (C=O) groups excluding carboxylic acids is 2. The van der Waals surface area contributed by atoms with Gasteiger partial charge < -0.3 is 16.4 Å². The van der Waals surface area contributed by atoms with Crippen molar-refractivity contribution < 1.29 is 9.59 Å². The summed E-state index contributed by atoms with van der Waals surface area (Å²) in [4.78, 5) is 22.7. The van der Waals surface area contributed by atoms with E-state index in [9.17, 15) is 9.59 Å². The highest BCUT2D eigenvalue weighted by atomic mass is 35.5. The van der Waals surface area contributed by atoms with Gasteiger partial charge in [-0.1, -0.05) is 45.0 Å². The molecule has 6 heteroatoms. The van der Waals surface area contributed by atoms with E-state index in [-0.39, 0.29) is 42.7 Å². The van der Waals surface area contributed by atoms with Crippen molar-refractivity contribution in [3.05, 3.63) is 35.4 Å². The van der Waals surface area contributed by atoms with Gasteiger partial charge in [0.15, 0.2) is 0 Å². The highest BCUT2D eigenvalue weighted by molar-refractivity contribution is 5.85. The Labute approximate surface area is 138 Å². The molecule has 5 nitrogen and oxygen atoms in total. The van der Waals surface area contributed by atoms with Crippen LogP contribution in [0, 0.1) is 0 Å². The molecule has 1 rings (SSSR count). The van der Waals surface area contributed by atoms with Crippen LogP contribution in [0.1, 0.15) is 31.9 Å². The number of hydrogen-bond donors (Lipinski definition) is 3. The van der Waals surface area contributed by atoms with Crippen molar-refractivity contribution in [1.82, 2.24) is 10.6 Å².